The van der Waals surface area contributed by atoms with Gasteiger partial charge in [-0.25, -0.2) is 4.98 Å². The third-order valence-electron chi connectivity index (χ3n) is 2.61. The number of imidazole rings is 1. The Morgan fingerprint density at radius 1 is 1.67 bits per heavy atom. The van der Waals surface area contributed by atoms with E-state index >= 15 is 0 Å². The van der Waals surface area contributed by atoms with Gasteiger partial charge in [0.15, 0.2) is 0 Å². The normalized spacial score (nSPS) is 22.2. The first-order chi connectivity index (χ1) is 5.90. The average Bonchev–Trinajstić information content (AvgIpc) is 2.51. The lowest BCUT2D eigenvalue weighted by Gasteiger charge is -2.22. The molecule has 1 aliphatic rings. The third kappa shape index (κ3) is 1.37. The summed E-state index contributed by atoms with van der Waals surface area (Å²) in [5.74, 6) is 2.01. The predicted molar refractivity (Wildman–Crippen MR) is 47.7 cm³/mol. The molecule has 0 bridgehead atoms. The summed E-state index contributed by atoms with van der Waals surface area (Å²) in [6, 6.07) is 0. The van der Waals surface area contributed by atoms with Gasteiger partial charge in [-0.1, -0.05) is 0 Å². The van der Waals surface area contributed by atoms with Gasteiger partial charge in [0.05, 0.1) is 0 Å². The standard InChI is InChI=1S/C9H15N3/c10-4-3-8-1-2-9-11-5-6-12(9)7-8/h5-6,8H,1-4,7,10H2. The van der Waals surface area contributed by atoms with Crippen molar-refractivity contribution in [1.29, 1.82) is 0 Å². The fraction of sp³-hybridized carbons (Fsp3) is 0.667. The number of aryl methyl sites for hydroxylation is 1. The van der Waals surface area contributed by atoms with Crippen LogP contribution in [0.4, 0.5) is 0 Å². The van der Waals surface area contributed by atoms with E-state index in [1.54, 1.807) is 0 Å². The Balaban J connectivity index is 2.05. The molecule has 0 aliphatic carbocycles. The summed E-state index contributed by atoms with van der Waals surface area (Å²) < 4.78 is 2.25. The minimum Gasteiger partial charge on any atom is -0.335 e. The second kappa shape index (κ2) is 3.27. The van der Waals surface area contributed by atoms with E-state index < -0.39 is 0 Å². The van der Waals surface area contributed by atoms with Crippen molar-refractivity contribution < 1.29 is 0 Å². The first kappa shape index (κ1) is 7.80. The number of fused-ring (bicyclic) bond motifs is 1. The molecule has 0 saturated heterocycles. The second-order valence-corrected chi connectivity index (χ2v) is 3.48. The molecule has 1 aromatic rings. The fourth-order valence-corrected chi connectivity index (χ4v) is 1.91. The molecule has 0 amide bonds. The molecule has 1 atom stereocenters. The van der Waals surface area contributed by atoms with Gasteiger partial charge in [0.2, 0.25) is 0 Å². The van der Waals surface area contributed by atoms with Gasteiger partial charge in [-0.05, 0) is 25.3 Å². The molecular formula is C9H15N3. The quantitative estimate of drug-likeness (QED) is 0.704. The monoisotopic (exact) mass is 165 g/mol. The van der Waals surface area contributed by atoms with Gasteiger partial charge in [0, 0.05) is 25.4 Å². The lowest BCUT2D eigenvalue weighted by Crippen LogP contribution is -2.22. The highest BCUT2D eigenvalue weighted by Gasteiger charge is 2.17. The van der Waals surface area contributed by atoms with E-state index in [0.717, 1.165) is 31.8 Å². The fourth-order valence-electron chi connectivity index (χ4n) is 1.91. The summed E-state index contributed by atoms with van der Waals surface area (Å²) in [6.07, 6.45) is 7.49. The largest absolute Gasteiger partial charge is 0.335 e. The zero-order valence-electron chi connectivity index (χ0n) is 7.24. The van der Waals surface area contributed by atoms with Crippen LogP contribution in [0.25, 0.3) is 0 Å². The summed E-state index contributed by atoms with van der Waals surface area (Å²) in [5, 5.41) is 0. The Morgan fingerprint density at radius 3 is 3.42 bits per heavy atom. The van der Waals surface area contributed by atoms with Crippen LogP contribution in [0.15, 0.2) is 12.4 Å². The third-order valence-corrected chi connectivity index (χ3v) is 2.61. The van der Waals surface area contributed by atoms with Crippen LogP contribution in [0, 0.1) is 5.92 Å². The van der Waals surface area contributed by atoms with Crippen molar-refractivity contribution in [2.75, 3.05) is 6.54 Å². The van der Waals surface area contributed by atoms with E-state index in [1.807, 2.05) is 6.20 Å². The maximum atomic E-state index is 5.53. The van der Waals surface area contributed by atoms with Gasteiger partial charge in [0.25, 0.3) is 0 Å². The zero-order chi connectivity index (χ0) is 8.39. The van der Waals surface area contributed by atoms with Gasteiger partial charge in [0.1, 0.15) is 5.82 Å². The molecule has 12 heavy (non-hydrogen) atoms. The van der Waals surface area contributed by atoms with Gasteiger partial charge >= 0.3 is 0 Å². The average molecular weight is 165 g/mol. The van der Waals surface area contributed by atoms with Gasteiger partial charge in [-0.3, -0.25) is 0 Å². The van der Waals surface area contributed by atoms with Crippen LogP contribution in [0.3, 0.4) is 0 Å². The molecule has 3 heteroatoms. The van der Waals surface area contributed by atoms with Gasteiger partial charge in [-0.15, -0.1) is 0 Å². The second-order valence-electron chi connectivity index (χ2n) is 3.48. The Morgan fingerprint density at radius 2 is 2.58 bits per heavy atom. The molecule has 1 aromatic heterocycles. The Kier molecular flexibility index (Phi) is 2.13. The predicted octanol–water partition coefficient (Wildman–Crippen LogP) is 0.794. The van der Waals surface area contributed by atoms with Crippen LogP contribution in [0.2, 0.25) is 0 Å². The van der Waals surface area contributed by atoms with E-state index in [0.29, 0.717) is 0 Å². The van der Waals surface area contributed by atoms with E-state index in [1.165, 1.54) is 12.2 Å². The van der Waals surface area contributed by atoms with Crippen LogP contribution in [-0.2, 0) is 13.0 Å². The van der Waals surface area contributed by atoms with Crippen molar-refractivity contribution >= 4 is 0 Å². The lowest BCUT2D eigenvalue weighted by molar-refractivity contribution is 0.349. The summed E-state index contributed by atoms with van der Waals surface area (Å²) in [6.45, 7) is 1.93. The summed E-state index contributed by atoms with van der Waals surface area (Å²) >= 11 is 0. The molecule has 0 saturated carbocycles. The topological polar surface area (TPSA) is 43.8 Å². The molecular weight excluding hydrogens is 150 g/mol. The Labute approximate surface area is 72.6 Å². The van der Waals surface area contributed by atoms with Crippen LogP contribution in [0.1, 0.15) is 18.7 Å². The summed E-state index contributed by atoms with van der Waals surface area (Å²) in [4.78, 5) is 4.28. The van der Waals surface area contributed by atoms with E-state index in [4.69, 9.17) is 5.73 Å². The number of nitrogens with two attached hydrogens (primary N) is 1. The molecule has 2 N–H and O–H groups in total. The van der Waals surface area contributed by atoms with Crippen molar-refractivity contribution in [1.82, 2.24) is 9.55 Å². The molecule has 2 rings (SSSR count). The van der Waals surface area contributed by atoms with Crippen molar-refractivity contribution in [2.24, 2.45) is 11.7 Å². The molecule has 0 aromatic carbocycles. The number of nitrogens with zero attached hydrogens (tertiary/aromatic N) is 2. The van der Waals surface area contributed by atoms with Crippen LogP contribution >= 0.6 is 0 Å². The molecule has 66 valence electrons. The number of hydrogen-bond acceptors (Lipinski definition) is 2. The minimum absolute atomic E-state index is 0.775. The van der Waals surface area contributed by atoms with E-state index in [9.17, 15) is 0 Å². The summed E-state index contributed by atoms with van der Waals surface area (Å²) in [5.41, 5.74) is 5.53. The first-order valence-electron chi connectivity index (χ1n) is 4.60. The number of rotatable bonds is 2. The SMILES string of the molecule is NCCC1CCc2nccn2C1. The smallest absolute Gasteiger partial charge is 0.108 e. The van der Waals surface area contributed by atoms with Gasteiger partial charge < -0.3 is 10.3 Å². The lowest BCUT2D eigenvalue weighted by atomic mass is 9.96. The van der Waals surface area contributed by atoms with Gasteiger partial charge in [-0.2, -0.15) is 0 Å². The van der Waals surface area contributed by atoms with E-state index in [2.05, 4.69) is 15.7 Å². The molecule has 1 aliphatic heterocycles. The summed E-state index contributed by atoms with van der Waals surface area (Å²) in [7, 11) is 0. The maximum absolute atomic E-state index is 5.53. The van der Waals surface area contributed by atoms with Crippen LogP contribution < -0.4 is 5.73 Å². The maximum Gasteiger partial charge on any atom is 0.108 e. The molecule has 3 nitrogen and oxygen atoms in total. The Bertz CT molecular complexity index is 254. The highest BCUT2D eigenvalue weighted by molar-refractivity contribution is 4.96. The molecule has 0 fully saturated rings. The van der Waals surface area contributed by atoms with Crippen molar-refractivity contribution in [3.63, 3.8) is 0 Å². The number of aromatic nitrogens is 2. The molecule has 1 unspecified atom stereocenters. The molecule has 0 radical (unpaired) electrons. The highest BCUT2D eigenvalue weighted by Crippen LogP contribution is 2.20. The molecule has 0 spiro atoms. The highest BCUT2D eigenvalue weighted by atomic mass is 15.1. The van der Waals surface area contributed by atoms with Crippen LogP contribution in [0.5, 0.6) is 0 Å². The number of hydrogen-bond donors (Lipinski definition) is 1. The zero-order valence-corrected chi connectivity index (χ0v) is 7.24. The van der Waals surface area contributed by atoms with Crippen molar-refractivity contribution in [3.8, 4) is 0 Å². The minimum atomic E-state index is 0.775. The molecule has 2 heterocycles. The van der Waals surface area contributed by atoms with Crippen molar-refractivity contribution in [2.45, 2.75) is 25.8 Å². The van der Waals surface area contributed by atoms with Crippen LogP contribution in [-0.4, -0.2) is 16.1 Å². The Hall–Kier alpha value is -0.830. The van der Waals surface area contributed by atoms with E-state index in [-0.39, 0.29) is 0 Å². The first-order valence-corrected chi connectivity index (χ1v) is 4.60. The van der Waals surface area contributed by atoms with Crippen molar-refractivity contribution in [3.05, 3.63) is 18.2 Å².